The Hall–Kier alpha value is -1.55. The van der Waals surface area contributed by atoms with Crippen molar-refractivity contribution in [2.24, 2.45) is 0 Å². The Kier molecular flexibility index (Phi) is 6.05. The normalized spacial score (nSPS) is 18.0. The van der Waals surface area contributed by atoms with E-state index in [1.807, 2.05) is 24.3 Å². The van der Waals surface area contributed by atoms with Gasteiger partial charge in [0.15, 0.2) is 0 Å². The SMILES string of the molecule is CCC(CC)NC(=O)c1ccccc1OCC1CCCO1. The van der Waals surface area contributed by atoms with Gasteiger partial charge in [-0.25, -0.2) is 0 Å². The molecule has 0 aliphatic carbocycles. The third kappa shape index (κ3) is 4.46. The van der Waals surface area contributed by atoms with Crippen molar-refractivity contribution in [2.45, 2.75) is 51.7 Å². The smallest absolute Gasteiger partial charge is 0.255 e. The molecule has 0 radical (unpaired) electrons. The molecule has 1 atom stereocenters. The van der Waals surface area contributed by atoms with Crippen molar-refractivity contribution >= 4 is 5.91 Å². The highest BCUT2D eigenvalue weighted by atomic mass is 16.5. The van der Waals surface area contributed by atoms with Crippen molar-refractivity contribution in [1.82, 2.24) is 5.32 Å². The lowest BCUT2D eigenvalue weighted by Gasteiger charge is -2.17. The van der Waals surface area contributed by atoms with Crippen LogP contribution < -0.4 is 10.1 Å². The number of benzene rings is 1. The van der Waals surface area contributed by atoms with Crippen LogP contribution in [0.4, 0.5) is 0 Å². The maximum absolute atomic E-state index is 12.4. The van der Waals surface area contributed by atoms with Crippen LogP contribution >= 0.6 is 0 Å². The van der Waals surface area contributed by atoms with Gasteiger partial charge in [0.1, 0.15) is 12.4 Å². The van der Waals surface area contributed by atoms with Crippen LogP contribution in [0.25, 0.3) is 0 Å². The summed E-state index contributed by atoms with van der Waals surface area (Å²) in [6.07, 6.45) is 4.13. The maximum Gasteiger partial charge on any atom is 0.255 e. The average molecular weight is 291 g/mol. The van der Waals surface area contributed by atoms with E-state index in [2.05, 4.69) is 19.2 Å². The van der Waals surface area contributed by atoms with E-state index >= 15 is 0 Å². The van der Waals surface area contributed by atoms with Gasteiger partial charge in [0, 0.05) is 12.6 Å². The minimum atomic E-state index is -0.0633. The maximum atomic E-state index is 12.4. The molecule has 116 valence electrons. The summed E-state index contributed by atoms with van der Waals surface area (Å²) in [4.78, 5) is 12.4. The standard InChI is InChI=1S/C17H25NO3/c1-3-13(4-2)18-17(19)15-9-5-6-10-16(15)21-12-14-8-7-11-20-14/h5-6,9-10,13-14H,3-4,7-8,11-12H2,1-2H3,(H,18,19). The summed E-state index contributed by atoms with van der Waals surface area (Å²) >= 11 is 0. The molecule has 21 heavy (non-hydrogen) atoms. The van der Waals surface area contributed by atoms with Crippen LogP contribution in [-0.2, 0) is 4.74 Å². The van der Waals surface area contributed by atoms with Gasteiger partial charge in [-0.05, 0) is 37.8 Å². The second-order valence-electron chi connectivity index (χ2n) is 5.43. The number of carbonyl (C=O) groups excluding carboxylic acids is 1. The zero-order chi connectivity index (χ0) is 15.1. The van der Waals surface area contributed by atoms with Gasteiger partial charge in [0.25, 0.3) is 5.91 Å². The fourth-order valence-corrected chi connectivity index (χ4v) is 2.49. The molecule has 0 saturated carbocycles. The number of para-hydroxylation sites is 1. The Labute approximate surface area is 126 Å². The summed E-state index contributed by atoms with van der Waals surface area (Å²) in [5, 5.41) is 3.05. The Morgan fingerprint density at radius 2 is 2.14 bits per heavy atom. The zero-order valence-corrected chi connectivity index (χ0v) is 12.9. The van der Waals surface area contributed by atoms with Gasteiger partial charge in [0.2, 0.25) is 0 Å². The quantitative estimate of drug-likeness (QED) is 0.839. The highest BCUT2D eigenvalue weighted by Gasteiger charge is 2.19. The predicted octanol–water partition coefficient (Wildman–Crippen LogP) is 3.16. The number of carbonyl (C=O) groups is 1. The fraction of sp³-hybridized carbons (Fsp3) is 0.588. The van der Waals surface area contributed by atoms with E-state index in [1.165, 1.54) is 0 Å². The van der Waals surface area contributed by atoms with Crippen LogP contribution in [0.3, 0.4) is 0 Å². The Balaban J connectivity index is 1.99. The molecule has 1 unspecified atom stereocenters. The Bertz CT molecular complexity index is 451. The summed E-state index contributed by atoms with van der Waals surface area (Å²) in [5.74, 6) is 0.572. The van der Waals surface area contributed by atoms with Crippen molar-refractivity contribution in [1.29, 1.82) is 0 Å². The highest BCUT2D eigenvalue weighted by molar-refractivity contribution is 5.97. The van der Waals surface area contributed by atoms with Gasteiger partial charge in [0.05, 0.1) is 11.7 Å². The topological polar surface area (TPSA) is 47.6 Å². The van der Waals surface area contributed by atoms with Crippen LogP contribution in [0.5, 0.6) is 5.75 Å². The second-order valence-corrected chi connectivity index (χ2v) is 5.43. The van der Waals surface area contributed by atoms with Gasteiger partial charge in [-0.2, -0.15) is 0 Å². The third-order valence-corrected chi connectivity index (χ3v) is 3.90. The van der Waals surface area contributed by atoms with Gasteiger partial charge < -0.3 is 14.8 Å². The number of amides is 1. The fourth-order valence-electron chi connectivity index (χ4n) is 2.49. The van der Waals surface area contributed by atoms with E-state index in [0.717, 1.165) is 32.3 Å². The van der Waals surface area contributed by atoms with Crippen LogP contribution in [0, 0.1) is 0 Å². The molecular formula is C17H25NO3. The van der Waals surface area contributed by atoms with Crippen LogP contribution in [0.15, 0.2) is 24.3 Å². The van der Waals surface area contributed by atoms with E-state index in [9.17, 15) is 4.79 Å². The highest BCUT2D eigenvalue weighted by Crippen LogP contribution is 2.20. The summed E-state index contributed by atoms with van der Waals surface area (Å²) in [6, 6.07) is 7.61. The monoisotopic (exact) mass is 291 g/mol. The molecule has 0 aromatic heterocycles. The Morgan fingerprint density at radius 1 is 1.38 bits per heavy atom. The molecule has 4 nitrogen and oxygen atoms in total. The van der Waals surface area contributed by atoms with E-state index in [-0.39, 0.29) is 18.1 Å². The number of nitrogens with one attached hydrogen (secondary N) is 1. The predicted molar refractivity (Wildman–Crippen MR) is 82.7 cm³/mol. The van der Waals surface area contributed by atoms with Crippen LogP contribution in [0.1, 0.15) is 49.9 Å². The number of hydrogen-bond donors (Lipinski definition) is 1. The number of hydrogen-bond acceptors (Lipinski definition) is 3. The lowest BCUT2D eigenvalue weighted by Crippen LogP contribution is -2.34. The summed E-state index contributed by atoms with van der Waals surface area (Å²) < 4.78 is 11.4. The second kappa shape index (κ2) is 8.03. The summed E-state index contributed by atoms with van der Waals surface area (Å²) in [6.45, 7) is 5.47. The van der Waals surface area contributed by atoms with Crippen molar-refractivity contribution in [2.75, 3.05) is 13.2 Å². The van der Waals surface area contributed by atoms with Gasteiger partial charge in [-0.3, -0.25) is 4.79 Å². The molecule has 0 bridgehead atoms. The minimum Gasteiger partial charge on any atom is -0.490 e. The molecule has 2 rings (SSSR count). The average Bonchev–Trinajstić information content (AvgIpc) is 3.04. The summed E-state index contributed by atoms with van der Waals surface area (Å²) in [7, 11) is 0. The summed E-state index contributed by atoms with van der Waals surface area (Å²) in [5.41, 5.74) is 0.599. The van der Waals surface area contributed by atoms with Crippen molar-refractivity contribution in [3.63, 3.8) is 0 Å². The first kappa shape index (κ1) is 15.8. The largest absolute Gasteiger partial charge is 0.490 e. The molecule has 1 saturated heterocycles. The molecule has 1 aromatic rings. The molecule has 0 spiro atoms. The van der Waals surface area contributed by atoms with Gasteiger partial charge in [-0.15, -0.1) is 0 Å². The lowest BCUT2D eigenvalue weighted by atomic mass is 10.1. The lowest BCUT2D eigenvalue weighted by molar-refractivity contribution is 0.0670. The molecule has 1 aliphatic heterocycles. The first-order valence-corrected chi connectivity index (χ1v) is 7.88. The minimum absolute atomic E-state index is 0.0633. The van der Waals surface area contributed by atoms with Crippen molar-refractivity contribution in [3.8, 4) is 5.75 Å². The molecule has 4 heteroatoms. The zero-order valence-electron chi connectivity index (χ0n) is 12.9. The first-order valence-electron chi connectivity index (χ1n) is 7.88. The van der Waals surface area contributed by atoms with Gasteiger partial charge in [-0.1, -0.05) is 26.0 Å². The van der Waals surface area contributed by atoms with E-state index < -0.39 is 0 Å². The molecule has 1 fully saturated rings. The number of rotatable bonds is 7. The van der Waals surface area contributed by atoms with E-state index in [0.29, 0.717) is 17.9 Å². The van der Waals surface area contributed by atoms with Crippen LogP contribution in [-0.4, -0.2) is 31.3 Å². The molecule has 1 aliphatic rings. The van der Waals surface area contributed by atoms with Crippen molar-refractivity contribution < 1.29 is 14.3 Å². The number of ether oxygens (including phenoxy) is 2. The Morgan fingerprint density at radius 3 is 2.81 bits per heavy atom. The molecule has 1 amide bonds. The van der Waals surface area contributed by atoms with E-state index in [4.69, 9.17) is 9.47 Å². The molecule has 1 heterocycles. The first-order chi connectivity index (χ1) is 10.2. The molecule has 1 aromatic carbocycles. The van der Waals surface area contributed by atoms with Gasteiger partial charge >= 0.3 is 0 Å². The van der Waals surface area contributed by atoms with Crippen molar-refractivity contribution in [3.05, 3.63) is 29.8 Å². The third-order valence-electron chi connectivity index (χ3n) is 3.90. The molecular weight excluding hydrogens is 266 g/mol. The van der Waals surface area contributed by atoms with E-state index in [1.54, 1.807) is 0 Å². The van der Waals surface area contributed by atoms with Crippen LogP contribution in [0.2, 0.25) is 0 Å². The molecule has 1 N–H and O–H groups in total.